The molecular weight excluding hydrogens is 462 g/mol. The highest BCUT2D eigenvalue weighted by molar-refractivity contribution is 9.10. The van der Waals surface area contributed by atoms with Crippen molar-refractivity contribution in [3.63, 3.8) is 0 Å². The summed E-state index contributed by atoms with van der Waals surface area (Å²) >= 11 is 3.47. The van der Waals surface area contributed by atoms with Crippen molar-refractivity contribution in [2.75, 3.05) is 21.3 Å². The van der Waals surface area contributed by atoms with E-state index in [9.17, 15) is 4.79 Å². The fourth-order valence-corrected chi connectivity index (χ4v) is 4.20. The molecule has 0 bridgehead atoms. The number of hydrogen-bond donors (Lipinski definition) is 0. The Balaban J connectivity index is 1.87. The van der Waals surface area contributed by atoms with Crippen molar-refractivity contribution in [3.05, 3.63) is 76.6 Å². The molecule has 158 valence electrons. The minimum Gasteiger partial charge on any atom is -0.495 e. The molecule has 0 fully saturated rings. The van der Waals surface area contributed by atoms with Gasteiger partial charge in [-0.15, -0.1) is 0 Å². The van der Waals surface area contributed by atoms with Crippen LogP contribution in [0.3, 0.4) is 0 Å². The molecule has 1 unspecified atom stereocenters. The number of furan rings is 1. The molecule has 0 radical (unpaired) electrons. The van der Waals surface area contributed by atoms with Crippen LogP contribution in [0.1, 0.15) is 11.3 Å². The lowest BCUT2D eigenvalue weighted by molar-refractivity contribution is -0.125. The van der Waals surface area contributed by atoms with E-state index < -0.39 is 5.60 Å². The molecule has 0 aliphatic carbocycles. The number of rotatable bonds is 7. The number of carbonyl (C=O) groups excluding carboxylic acids is 1. The lowest BCUT2D eigenvalue weighted by atomic mass is 9.89. The first kappa shape index (κ1) is 21.1. The van der Waals surface area contributed by atoms with Crippen LogP contribution in [0.4, 0.5) is 0 Å². The number of pyridine rings is 1. The number of aromatic nitrogens is 1. The Morgan fingerprint density at radius 3 is 2.39 bits per heavy atom. The molecule has 1 atom stereocenters. The van der Waals surface area contributed by atoms with Crippen LogP contribution < -0.4 is 9.47 Å². The Labute approximate surface area is 187 Å². The van der Waals surface area contributed by atoms with Gasteiger partial charge in [-0.2, -0.15) is 0 Å². The fraction of sp³-hybridized carbons (Fsp3) is 0.167. The van der Waals surface area contributed by atoms with E-state index in [0.717, 1.165) is 22.8 Å². The Hall–Kier alpha value is -3.16. The number of hydrogen-bond acceptors (Lipinski definition) is 6. The average molecular weight is 482 g/mol. The summed E-state index contributed by atoms with van der Waals surface area (Å²) in [6, 6.07) is 16.5. The van der Waals surface area contributed by atoms with E-state index in [-0.39, 0.29) is 0 Å². The van der Waals surface area contributed by atoms with Gasteiger partial charge in [0, 0.05) is 29.8 Å². The van der Waals surface area contributed by atoms with Crippen LogP contribution >= 0.6 is 15.9 Å². The third kappa shape index (κ3) is 3.49. The van der Waals surface area contributed by atoms with E-state index in [1.807, 2.05) is 42.5 Å². The highest BCUT2D eigenvalue weighted by atomic mass is 79.9. The summed E-state index contributed by atoms with van der Waals surface area (Å²) in [5.74, 6) is 2.10. The van der Waals surface area contributed by atoms with Crippen molar-refractivity contribution in [2.24, 2.45) is 0 Å². The van der Waals surface area contributed by atoms with Gasteiger partial charge in [0.05, 0.1) is 19.7 Å². The topological polar surface area (TPSA) is 70.8 Å². The number of ether oxygens (including phenoxy) is 3. The van der Waals surface area contributed by atoms with Crippen LogP contribution in [0.2, 0.25) is 0 Å². The van der Waals surface area contributed by atoms with E-state index in [1.54, 1.807) is 32.5 Å². The van der Waals surface area contributed by atoms with Gasteiger partial charge in [-0.1, -0.05) is 18.2 Å². The lowest BCUT2D eigenvalue weighted by Crippen LogP contribution is -2.31. The molecule has 7 heteroatoms. The third-order valence-corrected chi connectivity index (χ3v) is 6.02. The fourth-order valence-electron chi connectivity index (χ4n) is 3.64. The van der Waals surface area contributed by atoms with Crippen molar-refractivity contribution < 1.29 is 23.4 Å². The van der Waals surface area contributed by atoms with Crippen LogP contribution in [0.15, 0.2) is 69.7 Å². The van der Waals surface area contributed by atoms with Crippen LogP contribution in [0.25, 0.3) is 22.2 Å². The third-order valence-electron chi connectivity index (χ3n) is 5.24. The Morgan fingerprint density at radius 2 is 1.74 bits per heavy atom. The van der Waals surface area contributed by atoms with Crippen molar-refractivity contribution in [1.29, 1.82) is 0 Å². The van der Waals surface area contributed by atoms with Crippen LogP contribution in [0.5, 0.6) is 11.5 Å². The molecule has 0 saturated heterocycles. The summed E-state index contributed by atoms with van der Waals surface area (Å²) in [6.07, 6.45) is 2.46. The number of methoxy groups -OCH3 is 3. The number of fused-ring (bicyclic) bond motifs is 1. The summed E-state index contributed by atoms with van der Waals surface area (Å²) < 4.78 is 23.5. The van der Waals surface area contributed by atoms with Gasteiger partial charge in [-0.05, 0) is 52.3 Å². The highest BCUT2D eigenvalue weighted by Crippen LogP contribution is 2.42. The lowest BCUT2D eigenvalue weighted by Gasteiger charge is -2.26. The maximum atomic E-state index is 12.4. The van der Waals surface area contributed by atoms with Crippen LogP contribution in [0, 0.1) is 0 Å². The Morgan fingerprint density at radius 1 is 1.00 bits per heavy atom. The van der Waals surface area contributed by atoms with Gasteiger partial charge in [-0.3, -0.25) is 9.78 Å². The van der Waals surface area contributed by atoms with E-state index in [2.05, 4.69) is 20.9 Å². The molecule has 0 N–H and O–H groups in total. The largest absolute Gasteiger partial charge is 0.495 e. The molecule has 0 amide bonds. The van der Waals surface area contributed by atoms with Crippen molar-refractivity contribution in [3.8, 4) is 22.8 Å². The first-order valence-corrected chi connectivity index (χ1v) is 10.2. The predicted octanol–water partition coefficient (Wildman–Crippen LogP) is 5.36. The minimum atomic E-state index is -1.43. The van der Waals surface area contributed by atoms with Crippen LogP contribution in [-0.2, 0) is 15.1 Å². The van der Waals surface area contributed by atoms with Gasteiger partial charge < -0.3 is 18.6 Å². The van der Waals surface area contributed by atoms with Gasteiger partial charge in [-0.25, -0.2) is 0 Å². The molecule has 0 spiro atoms. The van der Waals surface area contributed by atoms with Crippen molar-refractivity contribution >= 4 is 33.1 Å². The number of benzene rings is 2. The van der Waals surface area contributed by atoms with Crippen molar-refractivity contribution in [2.45, 2.75) is 5.60 Å². The van der Waals surface area contributed by atoms with Gasteiger partial charge in [0.25, 0.3) is 0 Å². The standard InChI is InChI=1S/C24H20BrNO5/c1-28-20-12-15(13-21(29-2)23(20)25)19-9-10-22(31-19)24(14-27,30-3)17-7-4-8-18-16(17)6-5-11-26-18/h4-14H,1-3H3. The minimum absolute atomic E-state index is 0.359. The summed E-state index contributed by atoms with van der Waals surface area (Å²) in [5.41, 5.74) is 0.725. The van der Waals surface area contributed by atoms with Gasteiger partial charge >= 0.3 is 0 Å². The Kier molecular flexibility index (Phi) is 5.80. The normalized spacial score (nSPS) is 13.0. The quantitative estimate of drug-likeness (QED) is 0.330. The number of aldehydes is 1. The second-order valence-corrected chi connectivity index (χ2v) is 7.58. The second-order valence-electron chi connectivity index (χ2n) is 6.79. The van der Waals surface area contributed by atoms with Gasteiger partial charge in [0.15, 0.2) is 6.29 Å². The molecule has 0 aliphatic rings. The smallest absolute Gasteiger partial charge is 0.206 e. The molecular formula is C24H20BrNO5. The monoisotopic (exact) mass is 481 g/mol. The summed E-state index contributed by atoms with van der Waals surface area (Å²) in [4.78, 5) is 16.8. The molecule has 2 heterocycles. The number of halogens is 1. The van der Waals surface area contributed by atoms with E-state index in [0.29, 0.717) is 33.1 Å². The van der Waals surface area contributed by atoms with Crippen LogP contribution in [-0.4, -0.2) is 32.6 Å². The number of nitrogens with zero attached hydrogens (tertiary/aromatic N) is 1. The van der Waals surface area contributed by atoms with Gasteiger partial charge in [0.2, 0.25) is 5.60 Å². The summed E-state index contributed by atoms with van der Waals surface area (Å²) in [7, 11) is 4.64. The van der Waals surface area contributed by atoms with E-state index in [4.69, 9.17) is 18.6 Å². The molecule has 0 aliphatic heterocycles. The molecule has 4 rings (SSSR count). The average Bonchev–Trinajstić information content (AvgIpc) is 3.31. The first-order valence-electron chi connectivity index (χ1n) is 9.46. The Bertz CT molecular complexity index is 1220. The second kappa shape index (κ2) is 8.53. The highest BCUT2D eigenvalue weighted by Gasteiger charge is 2.39. The molecule has 2 aromatic heterocycles. The predicted molar refractivity (Wildman–Crippen MR) is 121 cm³/mol. The molecule has 2 aromatic carbocycles. The zero-order valence-corrected chi connectivity index (χ0v) is 18.8. The number of carbonyl (C=O) groups is 1. The molecule has 4 aromatic rings. The van der Waals surface area contributed by atoms with E-state index >= 15 is 0 Å². The maximum absolute atomic E-state index is 12.4. The van der Waals surface area contributed by atoms with E-state index in [1.165, 1.54) is 7.11 Å². The van der Waals surface area contributed by atoms with Crippen molar-refractivity contribution in [1.82, 2.24) is 4.98 Å². The van der Waals surface area contributed by atoms with Gasteiger partial charge in [0.1, 0.15) is 27.5 Å². The molecule has 0 saturated carbocycles. The first-order chi connectivity index (χ1) is 15.1. The molecule has 31 heavy (non-hydrogen) atoms. The summed E-state index contributed by atoms with van der Waals surface area (Å²) in [6.45, 7) is 0. The zero-order chi connectivity index (χ0) is 22.0. The SMILES string of the molecule is COc1cc(-c2ccc(C(C=O)(OC)c3cccc4ncccc34)o2)cc(OC)c1Br. The maximum Gasteiger partial charge on any atom is 0.206 e. The zero-order valence-electron chi connectivity index (χ0n) is 17.2. The summed E-state index contributed by atoms with van der Waals surface area (Å²) in [5, 5.41) is 0.809. The molecule has 6 nitrogen and oxygen atoms in total.